The van der Waals surface area contributed by atoms with Gasteiger partial charge in [-0.25, -0.2) is 13.9 Å². The molecule has 0 bridgehead atoms. The standard InChI is InChI=1S/C9H11N3OS/c1-7-4-3-5-8-10-11(6-14-2)9(13)12(7)8/h3-5H,6H2,1-2H3. The molecule has 0 amide bonds. The third-order valence-electron chi connectivity index (χ3n) is 2.05. The summed E-state index contributed by atoms with van der Waals surface area (Å²) in [5.74, 6) is 0.597. The van der Waals surface area contributed by atoms with Gasteiger partial charge < -0.3 is 0 Å². The second kappa shape index (κ2) is 3.49. The largest absolute Gasteiger partial charge is 0.351 e. The van der Waals surface area contributed by atoms with E-state index in [-0.39, 0.29) is 5.69 Å². The van der Waals surface area contributed by atoms with Gasteiger partial charge in [0.2, 0.25) is 0 Å². The van der Waals surface area contributed by atoms with Gasteiger partial charge in [-0.3, -0.25) is 0 Å². The van der Waals surface area contributed by atoms with Gasteiger partial charge in [-0.05, 0) is 25.3 Å². The molecule has 0 aliphatic carbocycles. The zero-order chi connectivity index (χ0) is 10.1. The molecule has 14 heavy (non-hydrogen) atoms. The highest BCUT2D eigenvalue weighted by Gasteiger charge is 2.06. The van der Waals surface area contributed by atoms with Crippen molar-refractivity contribution in [2.75, 3.05) is 6.26 Å². The van der Waals surface area contributed by atoms with E-state index in [9.17, 15) is 4.79 Å². The average molecular weight is 209 g/mol. The Morgan fingerprint density at radius 3 is 2.93 bits per heavy atom. The zero-order valence-corrected chi connectivity index (χ0v) is 8.91. The van der Waals surface area contributed by atoms with E-state index in [0.29, 0.717) is 11.5 Å². The molecule has 0 aliphatic heterocycles. The number of hydrogen-bond donors (Lipinski definition) is 0. The van der Waals surface area contributed by atoms with E-state index in [1.165, 1.54) is 4.68 Å². The van der Waals surface area contributed by atoms with E-state index in [1.807, 2.05) is 31.4 Å². The highest BCUT2D eigenvalue weighted by molar-refractivity contribution is 7.97. The van der Waals surface area contributed by atoms with Crippen LogP contribution in [0.3, 0.4) is 0 Å². The minimum Gasteiger partial charge on any atom is -0.247 e. The summed E-state index contributed by atoms with van der Waals surface area (Å²) in [4.78, 5) is 11.8. The number of pyridine rings is 1. The fraction of sp³-hybridized carbons (Fsp3) is 0.333. The van der Waals surface area contributed by atoms with Crippen molar-refractivity contribution in [1.29, 1.82) is 0 Å². The number of fused-ring (bicyclic) bond motifs is 1. The SMILES string of the molecule is CSCn1nc2cccc(C)n2c1=O. The Morgan fingerprint density at radius 1 is 1.50 bits per heavy atom. The summed E-state index contributed by atoms with van der Waals surface area (Å²) in [6, 6.07) is 5.64. The first-order valence-electron chi connectivity index (χ1n) is 4.28. The minimum atomic E-state index is -0.0625. The third-order valence-corrected chi connectivity index (χ3v) is 2.55. The Balaban J connectivity index is 2.74. The van der Waals surface area contributed by atoms with Crippen molar-refractivity contribution in [3.63, 3.8) is 0 Å². The van der Waals surface area contributed by atoms with Crippen LogP contribution >= 0.6 is 11.8 Å². The first-order valence-corrected chi connectivity index (χ1v) is 5.67. The van der Waals surface area contributed by atoms with Gasteiger partial charge in [0, 0.05) is 5.69 Å². The van der Waals surface area contributed by atoms with Crippen molar-refractivity contribution in [2.45, 2.75) is 12.8 Å². The lowest BCUT2D eigenvalue weighted by atomic mass is 10.4. The smallest absolute Gasteiger partial charge is 0.247 e. The Morgan fingerprint density at radius 2 is 2.29 bits per heavy atom. The molecular formula is C9H11N3OS. The molecule has 0 saturated carbocycles. The monoisotopic (exact) mass is 209 g/mol. The van der Waals surface area contributed by atoms with Crippen LogP contribution in [0, 0.1) is 6.92 Å². The van der Waals surface area contributed by atoms with Gasteiger partial charge in [-0.15, -0.1) is 16.9 Å². The molecule has 2 heterocycles. The van der Waals surface area contributed by atoms with Gasteiger partial charge in [0.15, 0.2) is 5.65 Å². The maximum absolute atomic E-state index is 11.8. The zero-order valence-electron chi connectivity index (χ0n) is 8.10. The molecule has 74 valence electrons. The van der Waals surface area contributed by atoms with Gasteiger partial charge in [0.25, 0.3) is 0 Å². The lowest BCUT2D eigenvalue weighted by molar-refractivity contribution is 0.716. The molecule has 0 spiro atoms. The Bertz CT molecular complexity index is 514. The quantitative estimate of drug-likeness (QED) is 0.744. The number of nitrogens with zero attached hydrogens (tertiary/aromatic N) is 3. The molecule has 2 aromatic heterocycles. The number of thioether (sulfide) groups is 1. The highest BCUT2D eigenvalue weighted by atomic mass is 32.2. The lowest BCUT2D eigenvalue weighted by Crippen LogP contribution is -2.21. The van der Waals surface area contributed by atoms with Gasteiger partial charge in [-0.2, -0.15) is 0 Å². The van der Waals surface area contributed by atoms with E-state index in [4.69, 9.17) is 0 Å². The van der Waals surface area contributed by atoms with Crippen LogP contribution in [0.4, 0.5) is 0 Å². The maximum atomic E-state index is 11.8. The van der Waals surface area contributed by atoms with Crippen LogP contribution < -0.4 is 5.69 Å². The van der Waals surface area contributed by atoms with Crippen molar-refractivity contribution >= 4 is 17.4 Å². The highest BCUT2D eigenvalue weighted by Crippen LogP contribution is 2.02. The molecule has 0 unspecified atom stereocenters. The Kier molecular flexibility index (Phi) is 2.33. The molecule has 0 atom stereocenters. The summed E-state index contributed by atoms with van der Waals surface area (Å²) in [6.07, 6.45) is 1.95. The van der Waals surface area contributed by atoms with Crippen LogP contribution in [0.15, 0.2) is 23.0 Å². The summed E-state index contributed by atoms with van der Waals surface area (Å²) in [5, 5.41) is 4.21. The first kappa shape index (κ1) is 9.33. The molecule has 0 N–H and O–H groups in total. The molecule has 2 rings (SSSR count). The van der Waals surface area contributed by atoms with Crippen molar-refractivity contribution in [1.82, 2.24) is 14.2 Å². The number of aryl methyl sites for hydroxylation is 1. The van der Waals surface area contributed by atoms with Crippen molar-refractivity contribution in [2.24, 2.45) is 0 Å². The second-order valence-electron chi connectivity index (χ2n) is 3.06. The second-order valence-corrected chi connectivity index (χ2v) is 3.90. The van der Waals surface area contributed by atoms with Gasteiger partial charge in [0.05, 0.1) is 5.88 Å². The lowest BCUT2D eigenvalue weighted by Gasteiger charge is -1.94. The number of aromatic nitrogens is 3. The van der Waals surface area contributed by atoms with Crippen LogP contribution in [-0.4, -0.2) is 20.4 Å². The molecule has 2 aromatic rings. The van der Waals surface area contributed by atoms with Gasteiger partial charge in [-0.1, -0.05) is 6.07 Å². The van der Waals surface area contributed by atoms with Gasteiger partial charge in [0.1, 0.15) is 0 Å². The molecular weight excluding hydrogens is 198 g/mol. The van der Waals surface area contributed by atoms with E-state index < -0.39 is 0 Å². The predicted molar refractivity (Wildman–Crippen MR) is 57.7 cm³/mol. The van der Waals surface area contributed by atoms with Crippen LogP contribution in [-0.2, 0) is 5.88 Å². The summed E-state index contributed by atoms with van der Waals surface area (Å²) < 4.78 is 3.10. The number of hydrogen-bond acceptors (Lipinski definition) is 3. The van der Waals surface area contributed by atoms with Crippen LogP contribution in [0.2, 0.25) is 0 Å². The van der Waals surface area contributed by atoms with Gasteiger partial charge >= 0.3 is 5.69 Å². The van der Waals surface area contributed by atoms with E-state index in [1.54, 1.807) is 16.2 Å². The van der Waals surface area contributed by atoms with Crippen LogP contribution in [0.5, 0.6) is 0 Å². The molecule has 0 aliphatic rings. The Labute approximate surface area is 85.5 Å². The topological polar surface area (TPSA) is 39.3 Å². The summed E-state index contributed by atoms with van der Waals surface area (Å²) >= 11 is 1.58. The predicted octanol–water partition coefficient (Wildman–Crippen LogP) is 1.12. The summed E-state index contributed by atoms with van der Waals surface area (Å²) in [5.41, 5.74) is 1.57. The molecule has 4 nitrogen and oxygen atoms in total. The minimum absolute atomic E-state index is 0.0625. The first-order chi connectivity index (χ1) is 6.74. The normalized spacial score (nSPS) is 11.0. The fourth-order valence-corrected chi connectivity index (χ4v) is 1.83. The fourth-order valence-electron chi connectivity index (χ4n) is 1.42. The van der Waals surface area contributed by atoms with Crippen molar-refractivity contribution < 1.29 is 0 Å². The van der Waals surface area contributed by atoms with Crippen LogP contribution in [0.1, 0.15) is 5.69 Å². The molecule has 0 saturated heterocycles. The van der Waals surface area contributed by atoms with E-state index in [2.05, 4.69) is 5.10 Å². The molecule has 0 fully saturated rings. The molecule has 0 aromatic carbocycles. The molecule has 5 heteroatoms. The van der Waals surface area contributed by atoms with Crippen molar-refractivity contribution in [3.05, 3.63) is 34.4 Å². The van der Waals surface area contributed by atoms with Crippen molar-refractivity contribution in [3.8, 4) is 0 Å². The maximum Gasteiger partial charge on any atom is 0.351 e. The Hall–Kier alpha value is -1.23. The summed E-state index contributed by atoms with van der Waals surface area (Å²) in [7, 11) is 0. The van der Waals surface area contributed by atoms with E-state index in [0.717, 1.165) is 5.69 Å². The molecule has 0 radical (unpaired) electrons. The summed E-state index contributed by atoms with van der Waals surface area (Å²) in [6.45, 7) is 1.90. The number of rotatable bonds is 2. The van der Waals surface area contributed by atoms with E-state index >= 15 is 0 Å². The third kappa shape index (κ3) is 1.33. The van der Waals surface area contributed by atoms with Crippen LogP contribution in [0.25, 0.3) is 5.65 Å². The average Bonchev–Trinajstić information content (AvgIpc) is 2.46.